The number of aromatic amines is 1. The molecule has 0 fully saturated rings. The number of hydrogen-bond acceptors (Lipinski definition) is 4. The van der Waals surface area contributed by atoms with Crippen LogP contribution >= 0.6 is 0 Å². The van der Waals surface area contributed by atoms with Crippen LogP contribution in [0.25, 0.3) is 33.3 Å². The van der Waals surface area contributed by atoms with Gasteiger partial charge in [-0.3, -0.25) is 9.59 Å². The summed E-state index contributed by atoms with van der Waals surface area (Å²) in [6.45, 7) is 0.105. The predicted molar refractivity (Wildman–Crippen MR) is 138 cm³/mol. The second-order valence-electron chi connectivity index (χ2n) is 8.65. The number of rotatable bonds is 9. The van der Waals surface area contributed by atoms with Gasteiger partial charge in [-0.15, -0.1) is 0 Å². The molecule has 0 aliphatic carbocycles. The van der Waals surface area contributed by atoms with Gasteiger partial charge in [0.1, 0.15) is 0 Å². The topological polar surface area (TPSA) is 106 Å². The Bertz CT molecular complexity index is 1490. The molecule has 4 aromatic rings. The van der Waals surface area contributed by atoms with Crippen molar-refractivity contribution in [3.63, 3.8) is 0 Å². The zero-order valence-corrected chi connectivity index (χ0v) is 20.7. The number of carbonyl (C=O) groups excluding carboxylic acids is 2. The van der Waals surface area contributed by atoms with Gasteiger partial charge in [0.25, 0.3) is 5.91 Å². The Labute approximate surface area is 216 Å². The van der Waals surface area contributed by atoms with Crippen LogP contribution in [0.4, 0.5) is 13.2 Å². The first-order valence-electron chi connectivity index (χ1n) is 11.7. The molecular formula is C28H26F3N3O4. The van der Waals surface area contributed by atoms with E-state index in [1.54, 1.807) is 60.7 Å². The molecule has 4 rings (SSSR count). The van der Waals surface area contributed by atoms with Gasteiger partial charge < -0.3 is 25.5 Å². The third-order valence-corrected chi connectivity index (χ3v) is 6.07. The number of nitrogens with two attached hydrogens (primary N) is 1. The first kappa shape index (κ1) is 26.6. The highest BCUT2D eigenvalue weighted by atomic mass is 19.4. The van der Waals surface area contributed by atoms with Crippen LogP contribution in [0.3, 0.4) is 0 Å². The van der Waals surface area contributed by atoms with Crippen molar-refractivity contribution in [1.82, 2.24) is 10.3 Å². The maximum absolute atomic E-state index is 13.7. The zero-order valence-electron chi connectivity index (χ0n) is 20.7. The molecule has 7 nitrogen and oxygen atoms in total. The van der Waals surface area contributed by atoms with Gasteiger partial charge in [0.15, 0.2) is 11.5 Å². The third kappa shape index (κ3) is 5.91. The van der Waals surface area contributed by atoms with E-state index in [1.165, 1.54) is 14.2 Å². The van der Waals surface area contributed by atoms with Crippen molar-refractivity contribution in [1.29, 1.82) is 0 Å². The monoisotopic (exact) mass is 525 g/mol. The lowest BCUT2D eigenvalue weighted by Crippen LogP contribution is -2.27. The molecule has 0 unspecified atom stereocenters. The van der Waals surface area contributed by atoms with E-state index in [4.69, 9.17) is 15.2 Å². The number of ether oxygens (including phenoxy) is 2. The first-order valence-corrected chi connectivity index (χ1v) is 11.7. The summed E-state index contributed by atoms with van der Waals surface area (Å²) in [7, 11) is 2.94. The molecule has 38 heavy (non-hydrogen) atoms. The maximum atomic E-state index is 13.7. The van der Waals surface area contributed by atoms with E-state index < -0.39 is 18.5 Å². The third-order valence-electron chi connectivity index (χ3n) is 6.07. The summed E-state index contributed by atoms with van der Waals surface area (Å²) in [6, 6.07) is 16.8. The number of carbonyl (C=O) groups is 2. The average molecular weight is 526 g/mol. The van der Waals surface area contributed by atoms with Crippen molar-refractivity contribution in [3.05, 3.63) is 71.8 Å². The molecule has 0 atom stereocenters. The smallest absolute Gasteiger partial charge is 0.393 e. The van der Waals surface area contributed by atoms with Crippen LogP contribution in [0.15, 0.2) is 60.7 Å². The molecule has 198 valence electrons. The second-order valence-corrected chi connectivity index (χ2v) is 8.65. The van der Waals surface area contributed by atoms with Crippen LogP contribution in [0.2, 0.25) is 0 Å². The van der Waals surface area contributed by atoms with E-state index in [-0.39, 0.29) is 24.4 Å². The maximum Gasteiger partial charge on any atom is 0.393 e. The van der Waals surface area contributed by atoms with E-state index in [0.29, 0.717) is 50.3 Å². The van der Waals surface area contributed by atoms with Gasteiger partial charge in [-0.25, -0.2) is 0 Å². The first-order chi connectivity index (χ1) is 18.1. The molecular weight excluding hydrogens is 499 g/mol. The molecule has 0 saturated heterocycles. The van der Waals surface area contributed by atoms with Crippen molar-refractivity contribution in [2.24, 2.45) is 5.73 Å². The van der Waals surface area contributed by atoms with Crippen LogP contribution in [-0.2, 0) is 11.2 Å². The molecule has 0 spiro atoms. The number of halogens is 3. The Kier molecular flexibility index (Phi) is 7.61. The van der Waals surface area contributed by atoms with Gasteiger partial charge in [0, 0.05) is 35.0 Å². The molecule has 2 amide bonds. The van der Waals surface area contributed by atoms with Gasteiger partial charge in [0.2, 0.25) is 5.91 Å². The van der Waals surface area contributed by atoms with E-state index in [0.717, 1.165) is 0 Å². The second kappa shape index (κ2) is 10.9. The standard InChI is InChI=1S/C28H26F3N3O4/c1-37-23-9-7-18(14-24(23)38-2)26-21(15-28(29,30)31)20-13-17(6-8-22(20)34-26)16-4-3-5-19(12-16)27(36)33-11-10-25(32)35/h3-9,12-14,34H,10-11,15H2,1-2H3,(H2,32,35)(H,33,36). The van der Waals surface area contributed by atoms with Gasteiger partial charge in [0.05, 0.1) is 26.3 Å². The van der Waals surface area contributed by atoms with Crippen molar-refractivity contribution in [2.45, 2.75) is 19.0 Å². The van der Waals surface area contributed by atoms with E-state index in [9.17, 15) is 22.8 Å². The van der Waals surface area contributed by atoms with Gasteiger partial charge in [-0.1, -0.05) is 18.2 Å². The number of primary amides is 1. The molecule has 0 aliphatic heterocycles. The molecule has 3 aromatic carbocycles. The molecule has 0 saturated carbocycles. The number of hydrogen-bond donors (Lipinski definition) is 3. The zero-order chi connectivity index (χ0) is 27.4. The molecule has 0 aliphatic rings. The fourth-order valence-corrected chi connectivity index (χ4v) is 4.29. The average Bonchev–Trinajstić information content (AvgIpc) is 3.24. The summed E-state index contributed by atoms with van der Waals surface area (Å²) in [6.07, 6.45) is -5.57. The lowest BCUT2D eigenvalue weighted by atomic mass is 9.98. The molecule has 1 aromatic heterocycles. The Hall–Kier alpha value is -4.47. The highest BCUT2D eigenvalue weighted by molar-refractivity contribution is 5.97. The van der Waals surface area contributed by atoms with Crippen LogP contribution in [0, 0.1) is 0 Å². The Morgan fingerprint density at radius 2 is 1.63 bits per heavy atom. The molecule has 0 radical (unpaired) electrons. The number of nitrogens with one attached hydrogen (secondary N) is 2. The van der Waals surface area contributed by atoms with E-state index >= 15 is 0 Å². The summed E-state index contributed by atoms with van der Waals surface area (Å²) in [4.78, 5) is 26.5. The lowest BCUT2D eigenvalue weighted by molar-refractivity contribution is -0.127. The summed E-state index contributed by atoms with van der Waals surface area (Å²) >= 11 is 0. The van der Waals surface area contributed by atoms with Crippen molar-refractivity contribution in [2.75, 3.05) is 20.8 Å². The number of H-pyrrole nitrogens is 1. The minimum Gasteiger partial charge on any atom is -0.493 e. The number of fused-ring (bicyclic) bond motifs is 1. The highest BCUT2D eigenvalue weighted by Gasteiger charge is 2.31. The minimum absolute atomic E-state index is 0.0139. The summed E-state index contributed by atoms with van der Waals surface area (Å²) in [5, 5.41) is 3.04. The SMILES string of the molecule is COc1ccc(-c2[nH]c3ccc(-c4cccc(C(=O)NCCC(N)=O)c4)cc3c2CC(F)(F)F)cc1OC. The quantitative estimate of drug-likeness (QED) is 0.278. The van der Waals surface area contributed by atoms with Crippen molar-refractivity contribution < 1.29 is 32.2 Å². The summed E-state index contributed by atoms with van der Waals surface area (Å²) < 4.78 is 51.7. The fraction of sp³-hybridized carbons (Fsp3) is 0.214. The Balaban J connectivity index is 1.77. The fourth-order valence-electron chi connectivity index (χ4n) is 4.29. The molecule has 4 N–H and O–H groups in total. The Morgan fingerprint density at radius 1 is 0.921 bits per heavy atom. The van der Waals surface area contributed by atoms with E-state index in [1.807, 2.05) is 0 Å². The molecule has 0 bridgehead atoms. The van der Waals surface area contributed by atoms with Crippen LogP contribution in [0.1, 0.15) is 22.3 Å². The number of methoxy groups -OCH3 is 2. The number of alkyl halides is 3. The van der Waals surface area contributed by atoms with Crippen LogP contribution in [0.5, 0.6) is 11.5 Å². The summed E-state index contributed by atoms with van der Waals surface area (Å²) in [5.41, 5.74) is 8.25. The predicted octanol–water partition coefficient (Wildman–Crippen LogP) is 5.23. The van der Waals surface area contributed by atoms with Crippen LogP contribution in [-0.4, -0.2) is 43.7 Å². The summed E-state index contributed by atoms with van der Waals surface area (Å²) in [5.74, 6) is -0.0518. The normalized spacial score (nSPS) is 11.4. The molecule has 10 heteroatoms. The number of amides is 2. The molecule has 1 heterocycles. The van der Waals surface area contributed by atoms with Gasteiger partial charge in [-0.2, -0.15) is 13.2 Å². The van der Waals surface area contributed by atoms with E-state index in [2.05, 4.69) is 10.3 Å². The largest absolute Gasteiger partial charge is 0.493 e. The van der Waals surface area contributed by atoms with Crippen molar-refractivity contribution >= 4 is 22.7 Å². The number of benzene rings is 3. The van der Waals surface area contributed by atoms with Crippen LogP contribution < -0.4 is 20.5 Å². The lowest BCUT2D eigenvalue weighted by Gasteiger charge is -2.12. The minimum atomic E-state index is -4.45. The van der Waals surface area contributed by atoms with Gasteiger partial charge in [-0.05, 0) is 59.2 Å². The van der Waals surface area contributed by atoms with Crippen molar-refractivity contribution in [3.8, 4) is 33.9 Å². The Morgan fingerprint density at radius 3 is 2.32 bits per heavy atom. The number of aromatic nitrogens is 1. The van der Waals surface area contributed by atoms with Gasteiger partial charge >= 0.3 is 6.18 Å². The highest BCUT2D eigenvalue weighted by Crippen LogP contribution is 2.39.